The summed E-state index contributed by atoms with van der Waals surface area (Å²) in [5, 5.41) is 14.4. The number of anilines is 1. The molecule has 144 valence electrons. The zero-order valence-corrected chi connectivity index (χ0v) is 15.4. The largest absolute Gasteiger partial charge is 0.320 e. The fourth-order valence-electron chi connectivity index (χ4n) is 3.05. The van der Waals surface area contributed by atoms with Crippen LogP contribution in [0.5, 0.6) is 0 Å². The van der Waals surface area contributed by atoms with E-state index in [0.29, 0.717) is 13.0 Å². The quantitative estimate of drug-likeness (QED) is 0.556. The molecule has 8 nitrogen and oxygen atoms in total. The second-order valence-electron chi connectivity index (χ2n) is 6.23. The number of non-ortho nitro benzene ring substituents is 1. The van der Waals surface area contributed by atoms with Crippen LogP contribution in [0.4, 0.5) is 11.5 Å². The molecule has 1 unspecified atom stereocenters. The third-order valence-corrected chi connectivity index (χ3v) is 4.38. The van der Waals surface area contributed by atoms with Crippen molar-refractivity contribution < 1.29 is 9.72 Å². The van der Waals surface area contributed by atoms with Crippen molar-refractivity contribution >= 4 is 17.4 Å². The van der Waals surface area contributed by atoms with Gasteiger partial charge in [0.2, 0.25) is 5.91 Å². The summed E-state index contributed by atoms with van der Waals surface area (Å²) < 4.78 is 1.81. The van der Waals surface area contributed by atoms with Gasteiger partial charge in [-0.3, -0.25) is 19.8 Å². The van der Waals surface area contributed by atoms with Crippen molar-refractivity contribution in [1.29, 1.82) is 0 Å². The van der Waals surface area contributed by atoms with Gasteiger partial charge in [0.15, 0.2) is 0 Å². The second kappa shape index (κ2) is 8.45. The summed E-state index contributed by atoms with van der Waals surface area (Å²) in [4.78, 5) is 23.5. The van der Waals surface area contributed by atoms with E-state index in [0.717, 1.165) is 17.1 Å². The van der Waals surface area contributed by atoms with Crippen LogP contribution in [0.2, 0.25) is 0 Å². The van der Waals surface area contributed by atoms with Gasteiger partial charge in [0.25, 0.3) is 5.69 Å². The highest BCUT2D eigenvalue weighted by Gasteiger charge is 2.33. The molecule has 2 N–H and O–H groups in total. The summed E-state index contributed by atoms with van der Waals surface area (Å²) in [5.41, 5.74) is 7.99. The van der Waals surface area contributed by atoms with Crippen LogP contribution in [0.1, 0.15) is 12.5 Å². The summed E-state index contributed by atoms with van der Waals surface area (Å²) in [6.45, 7) is 2.54. The predicted molar refractivity (Wildman–Crippen MR) is 106 cm³/mol. The number of hydrogen-bond acceptors (Lipinski definition) is 5. The molecular formula is C20H21N5O3. The number of carbonyl (C=O) groups excluding carboxylic acids is 1. The van der Waals surface area contributed by atoms with Crippen LogP contribution < -0.4 is 10.6 Å². The molecule has 2 heterocycles. The van der Waals surface area contributed by atoms with Crippen LogP contribution in [0, 0.1) is 10.1 Å². The molecule has 1 aliphatic heterocycles. The Bertz CT molecular complexity index is 956. The molecule has 2 aromatic carbocycles. The number of hydrogen-bond donors (Lipinski definition) is 1. The number of nitro benzene ring substituents is 1. The van der Waals surface area contributed by atoms with Gasteiger partial charge in [-0.2, -0.15) is 5.10 Å². The molecule has 8 heteroatoms. The molecule has 0 fully saturated rings. The summed E-state index contributed by atoms with van der Waals surface area (Å²) in [6, 6.07) is 17.3. The van der Waals surface area contributed by atoms with Crippen molar-refractivity contribution in [3.05, 3.63) is 82.5 Å². The summed E-state index contributed by atoms with van der Waals surface area (Å²) >= 11 is 0. The molecule has 1 amide bonds. The molecule has 0 saturated heterocycles. The number of para-hydroxylation sites is 2. The first-order valence-corrected chi connectivity index (χ1v) is 8.91. The van der Waals surface area contributed by atoms with Gasteiger partial charge in [0.05, 0.1) is 22.8 Å². The van der Waals surface area contributed by atoms with E-state index in [4.69, 9.17) is 5.73 Å². The number of nitro groups is 1. The highest BCUT2D eigenvalue weighted by Crippen LogP contribution is 2.29. The Balaban J connectivity index is 0.000000211. The Morgan fingerprint density at radius 2 is 1.75 bits per heavy atom. The van der Waals surface area contributed by atoms with E-state index in [1.165, 1.54) is 12.1 Å². The molecule has 1 atom stereocenters. The van der Waals surface area contributed by atoms with Crippen molar-refractivity contribution in [3.63, 3.8) is 0 Å². The zero-order chi connectivity index (χ0) is 20.1. The predicted octanol–water partition coefficient (Wildman–Crippen LogP) is 2.70. The minimum atomic E-state index is -0.458. The standard InChI is InChI=1S/C14H16N4O.C6H5NO2/c1-2-17-13-10(8-12(15)14(17)19)9-16-18(13)11-6-4-3-5-7-11;8-7(9)6-4-2-1-3-5-6/h3-7,9,12H,2,8,15H2,1H3;1-5H. The molecule has 0 saturated carbocycles. The van der Waals surface area contributed by atoms with E-state index in [-0.39, 0.29) is 11.6 Å². The molecule has 28 heavy (non-hydrogen) atoms. The van der Waals surface area contributed by atoms with Gasteiger partial charge in [-0.25, -0.2) is 4.68 Å². The van der Waals surface area contributed by atoms with Crippen LogP contribution in [0.3, 0.4) is 0 Å². The summed E-state index contributed by atoms with van der Waals surface area (Å²) in [5.74, 6) is 0.813. The van der Waals surface area contributed by atoms with Crippen LogP contribution in [0.15, 0.2) is 66.9 Å². The Morgan fingerprint density at radius 3 is 2.29 bits per heavy atom. The number of rotatable bonds is 3. The third-order valence-electron chi connectivity index (χ3n) is 4.38. The SMILES string of the molecule is CCN1C(=O)C(N)Cc2cnn(-c3ccccc3)c21.O=[N+]([O-])c1ccccc1. The molecule has 0 spiro atoms. The molecule has 0 aliphatic carbocycles. The van der Waals surface area contributed by atoms with Crippen LogP contribution in [-0.4, -0.2) is 33.2 Å². The fraction of sp³-hybridized carbons (Fsp3) is 0.200. The van der Waals surface area contributed by atoms with Gasteiger partial charge in [-0.05, 0) is 19.1 Å². The molecular weight excluding hydrogens is 358 g/mol. The molecule has 1 aromatic heterocycles. The van der Waals surface area contributed by atoms with Crippen LogP contribution in [-0.2, 0) is 11.2 Å². The maximum atomic E-state index is 12.2. The van der Waals surface area contributed by atoms with Gasteiger partial charge in [-0.1, -0.05) is 36.4 Å². The zero-order valence-electron chi connectivity index (χ0n) is 15.4. The van der Waals surface area contributed by atoms with Crippen molar-refractivity contribution in [3.8, 4) is 5.69 Å². The molecule has 3 aromatic rings. The topological polar surface area (TPSA) is 107 Å². The Kier molecular flexibility index (Phi) is 5.81. The first-order valence-electron chi connectivity index (χ1n) is 8.91. The summed E-state index contributed by atoms with van der Waals surface area (Å²) in [6.07, 6.45) is 2.36. The number of likely N-dealkylation sites (N-methyl/N-ethyl adjacent to an activating group) is 1. The lowest BCUT2D eigenvalue weighted by Crippen LogP contribution is -2.49. The lowest BCUT2D eigenvalue weighted by molar-refractivity contribution is -0.384. The highest BCUT2D eigenvalue weighted by atomic mass is 16.6. The number of amides is 1. The van der Waals surface area contributed by atoms with Gasteiger partial charge in [0, 0.05) is 30.7 Å². The average Bonchev–Trinajstić information content (AvgIpc) is 3.14. The van der Waals surface area contributed by atoms with E-state index >= 15 is 0 Å². The Hall–Kier alpha value is -3.52. The van der Waals surface area contributed by atoms with Crippen LogP contribution >= 0.6 is 0 Å². The van der Waals surface area contributed by atoms with E-state index in [1.54, 1.807) is 29.3 Å². The number of carbonyl (C=O) groups is 1. The lowest BCUT2D eigenvalue weighted by Gasteiger charge is -2.30. The number of benzene rings is 2. The molecule has 4 rings (SSSR count). The fourth-order valence-corrected chi connectivity index (χ4v) is 3.05. The first-order chi connectivity index (χ1) is 13.5. The molecule has 0 bridgehead atoms. The number of nitrogens with two attached hydrogens (primary N) is 1. The van der Waals surface area contributed by atoms with E-state index < -0.39 is 11.0 Å². The van der Waals surface area contributed by atoms with Crippen LogP contribution in [0.25, 0.3) is 5.69 Å². The molecule has 1 aliphatic rings. The number of nitrogens with zero attached hydrogens (tertiary/aromatic N) is 4. The number of fused-ring (bicyclic) bond motifs is 1. The normalized spacial score (nSPS) is 15.4. The Labute approximate surface area is 162 Å². The Morgan fingerprint density at radius 1 is 1.14 bits per heavy atom. The second-order valence-corrected chi connectivity index (χ2v) is 6.23. The first kappa shape index (κ1) is 19.2. The third kappa shape index (κ3) is 3.91. The van der Waals surface area contributed by atoms with Crippen molar-refractivity contribution in [1.82, 2.24) is 9.78 Å². The lowest BCUT2D eigenvalue weighted by atomic mass is 10.0. The van der Waals surface area contributed by atoms with Gasteiger partial charge in [-0.15, -0.1) is 0 Å². The van der Waals surface area contributed by atoms with Gasteiger partial charge in [0.1, 0.15) is 5.82 Å². The van der Waals surface area contributed by atoms with Gasteiger partial charge >= 0.3 is 0 Å². The van der Waals surface area contributed by atoms with Crippen molar-refractivity contribution in [2.24, 2.45) is 5.73 Å². The van der Waals surface area contributed by atoms with Crippen molar-refractivity contribution in [2.75, 3.05) is 11.4 Å². The maximum absolute atomic E-state index is 12.2. The van der Waals surface area contributed by atoms with E-state index in [9.17, 15) is 14.9 Å². The maximum Gasteiger partial charge on any atom is 0.269 e. The van der Waals surface area contributed by atoms with E-state index in [2.05, 4.69) is 5.10 Å². The average molecular weight is 379 g/mol. The smallest absolute Gasteiger partial charge is 0.269 e. The minimum absolute atomic E-state index is 0.0346. The summed E-state index contributed by atoms with van der Waals surface area (Å²) in [7, 11) is 0. The van der Waals surface area contributed by atoms with Gasteiger partial charge < -0.3 is 5.73 Å². The monoisotopic (exact) mass is 379 g/mol. The molecule has 0 radical (unpaired) electrons. The minimum Gasteiger partial charge on any atom is -0.320 e. The van der Waals surface area contributed by atoms with E-state index in [1.807, 2.05) is 41.9 Å². The van der Waals surface area contributed by atoms with Crippen molar-refractivity contribution in [2.45, 2.75) is 19.4 Å². The number of aromatic nitrogens is 2. The highest BCUT2D eigenvalue weighted by molar-refractivity contribution is 5.99.